The molecule has 0 N–H and O–H groups in total. The van der Waals surface area contributed by atoms with Gasteiger partial charge in [-0.1, -0.05) is 6.07 Å². The maximum Gasteiger partial charge on any atom is 0.183 e. The lowest BCUT2D eigenvalue weighted by molar-refractivity contribution is -0.106. The molecule has 3 nitrogen and oxygen atoms in total. The maximum atomic E-state index is 5.17. The summed E-state index contributed by atoms with van der Waals surface area (Å²) in [6, 6.07) is 5.84. The molecule has 0 bridgehead atoms. The summed E-state index contributed by atoms with van der Waals surface area (Å²) in [5.74, 6) is 0.875. The Morgan fingerprint density at radius 1 is 1.07 bits per heavy atom. The fraction of sp³-hybridized carbons (Fsp3) is 0.455. The van der Waals surface area contributed by atoms with Crippen LogP contribution in [0.5, 0.6) is 5.75 Å². The van der Waals surface area contributed by atoms with Crippen molar-refractivity contribution in [2.75, 3.05) is 21.3 Å². The molecule has 0 heterocycles. The maximum absolute atomic E-state index is 5.17. The summed E-state index contributed by atoms with van der Waals surface area (Å²) >= 11 is 0. The van der Waals surface area contributed by atoms with Crippen LogP contribution in [0.2, 0.25) is 0 Å². The third kappa shape index (κ3) is 2.25. The van der Waals surface area contributed by atoms with E-state index in [4.69, 9.17) is 14.2 Å². The fourth-order valence-corrected chi connectivity index (χ4v) is 1.42. The van der Waals surface area contributed by atoms with Crippen LogP contribution in [0.4, 0.5) is 0 Å². The van der Waals surface area contributed by atoms with Gasteiger partial charge in [0, 0.05) is 19.8 Å². The number of methoxy groups -OCH3 is 3. The minimum atomic E-state index is -0.306. The smallest absolute Gasteiger partial charge is 0.183 e. The summed E-state index contributed by atoms with van der Waals surface area (Å²) in [6.07, 6.45) is -0.306. The Morgan fingerprint density at radius 2 is 1.71 bits per heavy atom. The molecule has 0 saturated carbocycles. The summed E-state index contributed by atoms with van der Waals surface area (Å²) in [6.45, 7) is 1.99. The quantitative estimate of drug-likeness (QED) is 0.691. The van der Waals surface area contributed by atoms with Crippen LogP contribution in [0.1, 0.15) is 17.4 Å². The van der Waals surface area contributed by atoms with Crippen molar-refractivity contribution < 1.29 is 14.2 Å². The summed E-state index contributed by atoms with van der Waals surface area (Å²) in [5, 5.41) is 0. The molecule has 0 amide bonds. The summed E-state index contributed by atoms with van der Waals surface area (Å²) in [4.78, 5) is 0. The van der Waals surface area contributed by atoms with Gasteiger partial charge in [0.05, 0.1) is 7.11 Å². The molecule has 0 aliphatic heterocycles. The van der Waals surface area contributed by atoms with E-state index in [1.807, 2.05) is 25.1 Å². The SMILES string of the molecule is COc1ccc(C(OC)OC)cc1C. The molecule has 1 aromatic rings. The number of aryl methyl sites for hydroxylation is 1. The first-order valence-electron chi connectivity index (χ1n) is 4.43. The lowest BCUT2D eigenvalue weighted by atomic mass is 10.1. The van der Waals surface area contributed by atoms with Gasteiger partial charge in [-0.15, -0.1) is 0 Å². The number of rotatable bonds is 4. The van der Waals surface area contributed by atoms with Crippen molar-refractivity contribution >= 4 is 0 Å². The van der Waals surface area contributed by atoms with E-state index in [1.165, 1.54) is 0 Å². The van der Waals surface area contributed by atoms with Crippen molar-refractivity contribution in [1.82, 2.24) is 0 Å². The van der Waals surface area contributed by atoms with Gasteiger partial charge in [-0.3, -0.25) is 0 Å². The van der Waals surface area contributed by atoms with Gasteiger partial charge < -0.3 is 14.2 Å². The lowest BCUT2D eigenvalue weighted by Crippen LogP contribution is -2.04. The van der Waals surface area contributed by atoms with Crippen LogP contribution in [-0.4, -0.2) is 21.3 Å². The molecule has 3 heteroatoms. The first kappa shape index (κ1) is 11.0. The zero-order chi connectivity index (χ0) is 10.6. The molecule has 1 aromatic carbocycles. The molecule has 0 radical (unpaired) electrons. The third-order valence-electron chi connectivity index (χ3n) is 2.12. The molecular formula is C11H16O3. The molecule has 0 unspecified atom stereocenters. The predicted octanol–water partition coefficient (Wildman–Crippen LogP) is 2.30. The molecule has 0 aliphatic carbocycles. The van der Waals surface area contributed by atoms with Gasteiger partial charge >= 0.3 is 0 Å². The topological polar surface area (TPSA) is 27.7 Å². The van der Waals surface area contributed by atoms with Crippen LogP contribution in [0, 0.1) is 6.92 Å². The normalized spacial score (nSPS) is 10.6. The van der Waals surface area contributed by atoms with Crippen molar-refractivity contribution in [3.8, 4) is 5.75 Å². The second kappa shape index (κ2) is 4.98. The van der Waals surface area contributed by atoms with E-state index in [9.17, 15) is 0 Å². The zero-order valence-electron chi connectivity index (χ0n) is 9.03. The molecule has 14 heavy (non-hydrogen) atoms. The van der Waals surface area contributed by atoms with Crippen LogP contribution in [0.25, 0.3) is 0 Å². The summed E-state index contributed by atoms with van der Waals surface area (Å²) in [7, 11) is 4.90. The van der Waals surface area contributed by atoms with Gasteiger partial charge in [0.1, 0.15) is 5.75 Å². The van der Waals surface area contributed by atoms with Crippen molar-refractivity contribution in [2.24, 2.45) is 0 Å². The van der Waals surface area contributed by atoms with Gasteiger partial charge in [-0.2, -0.15) is 0 Å². The van der Waals surface area contributed by atoms with E-state index in [0.29, 0.717) is 0 Å². The lowest BCUT2D eigenvalue weighted by Gasteiger charge is -2.15. The molecule has 0 aliphatic rings. The van der Waals surface area contributed by atoms with Crippen molar-refractivity contribution in [1.29, 1.82) is 0 Å². The Balaban J connectivity index is 2.95. The highest BCUT2D eigenvalue weighted by Gasteiger charge is 2.09. The predicted molar refractivity (Wildman–Crippen MR) is 54.5 cm³/mol. The average molecular weight is 196 g/mol. The number of benzene rings is 1. The fourth-order valence-electron chi connectivity index (χ4n) is 1.42. The van der Waals surface area contributed by atoms with E-state index in [0.717, 1.165) is 16.9 Å². The molecule has 0 spiro atoms. The van der Waals surface area contributed by atoms with E-state index in [-0.39, 0.29) is 6.29 Å². The average Bonchev–Trinajstić information content (AvgIpc) is 2.20. The Kier molecular flexibility index (Phi) is 3.92. The van der Waals surface area contributed by atoms with Gasteiger partial charge in [0.2, 0.25) is 0 Å². The second-order valence-electron chi connectivity index (χ2n) is 3.03. The number of hydrogen-bond donors (Lipinski definition) is 0. The van der Waals surface area contributed by atoms with Crippen molar-refractivity contribution in [3.05, 3.63) is 29.3 Å². The number of hydrogen-bond acceptors (Lipinski definition) is 3. The monoisotopic (exact) mass is 196 g/mol. The Bertz CT molecular complexity index is 293. The van der Waals surface area contributed by atoms with Crippen molar-refractivity contribution in [3.63, 3.8) is 0 Å². The van der Waals surface area contributed by atoms with Gasteiger partial charge in [0.15, 0.2) is 6.29 Å². The molecule has 0 atom stereocenters. The number of ether oxygens (including phenoxy) is 3. The van der Waals surface area contributed by atoms with Crippen LogP contribution in [0.15, 0.2) is 18.2 Å². The Labute approximate surface area is 84.6 Å². The standard InChI is InChI=1S/C11H16O3/c1-8-7-9(11(13-3)14-4)5-6-10(8)12-2/h5-7,11H,1-4H3. The molecular weight excluding hydrogens is 180 g/mol. The second-order valence-corrected chi connectivity index (χ2v) is 3.03. The molecule has 0 fully saturated rings. The summed E-state index contributed by atoms with van der Waals surface area (Å²) < 4.78 is 15.5. The minimum Gasteiger partial charge on any atom is -0.496 e. The van der Waals surface area contributed by atoms with Crippen LogP contribution < -0.4 is 4.74 Å². The molecule has 1 rings (SSSR count). The minimum absolute atomic E-state index is 0.306. The molecule has 78 valence electrons. The highest BCUT2D eigenvalue weighted by Crippen LogP contribution is 2.24. The van der Waals surface area contributed by atoms with Gasteiger partial charge in [-0.25, -0.2) is 0 Å². The first-order chi connectivity index (χ1) is 6.72. The van der Waals surface area contributed by atoms with Crippen molar-refractivity contribution in [2.45, 2.75) is 13.2 Å². The largest absolute Gasteiger partial charge is 0.496 e. The van der Waals surface area contributed by atoms with Gasteiger partial charge in [0.25, 0.3) is 0 Å². The molecule has 0 saturated heterocycles. The van der Waals surface area contributed by atoms with Crippen LogP contribution in [-0.2, 0) is 9.47 Å². The first-order valence-corrected chi connectivity index (χ1v) is 4.43. The van der Waals surface area contributed by atoms with Gasteiger partial charge in [-0.05, 0) is 24.6 Å². The third-order valence-corrected chi connectivity index (χ3v) is 2.12. The van der Waals surface area contributed by atoms with E-state index < -0.39 is 0 Å². The summed E-state index contributed by atoms with van der Waals surface area (Å²) in [5.41, 5.74) is 2.07. The Hall–Kier alpha value is -1.06. The Morgan fingerprint density at radius 3 is 2.14 bits per heavy atom. The highest BCUT2D eigenvalue weighted by atomic mass is 16.7. The van der Waals surface area contributed by atoms with Crippen LogP contribution >= 0.6 is 0 Å². The molecule has 0 aromatic heterocycles. The highest BCUT2D eigenvalue weighted by molar-refractivity contribution is 5.36. The van der Waals surface area contributed by atoms with Crippen LogP contribution in [0.3, 0.4) is 0 Å². The van der Waals surface area contributed by atoms with E-state index in [1.54, 1.807) is 21.3 Å². The van der Waals surface area contributed by atoms with E-state index in [2.05, 4.69) is 0 Å². The van der Waals surface area contributed by atoms with E-state index >= 15 is 0 Å². The zero-order valence-corrected chi connectivity index (χ0v) is 9.03.